The highest BCUT2D eigenvalue weighted by atomic mass is 16.5. The third-order valence-corrected chi connectivity index (χ3v) is 6.38. The molecule has 0 unspecified atom stereocenters. The van der Waals surface area contributed by atoms with Gasteiger partial charge in [0.1, 0.15) is 23.9 Å². The first-order valence-electron chi connectivity index (χ1n) is 13.6. The Morgan fingerprint density at radius 2 is 1.53 bits per heavy atom. The van der Waals surface area contributed by atoms with Crippen molar-refractivity contribution < 1.29 is 23.7 Å². The Kier molecular flexibility index (Phi) is 10.6. The predicted molar refractivity (Wildman–Crippen MR) is 153 cm³/mol. The van der Waals surface area contributed by atoms with Crippen molar-refractivity contribution in [1.82, 2.24) is 0 Å². The van der Waals surface area contributed by atoms with Crippen LogP contribution in [0, 0.1) is 0 Å². The Morgan fingerprint density at radius 3 is 2.18 bits per heavy atom. The van der Waals surface area contributed by atoms with Gasteiger partial charge in [-0.15, -0.1) is 0 Å². The van der Waals surface area contributed by atoms with Gasteiger partial charge >= 0.3 is 5.97 Å². The lowest BCUT2D eigenvalue weighted by Gasteiger charge is -2.25. The summed E-state index contributed by atoms with van der Waals surface area (Å²) in [4.78, 5) is 11.6. The first-order valence-corrected chi connectivity index (χ1v) is 13.6. The van der Waals surface area contributed by atoms with Crippen molar-refractivity contribution in [3.63, 3.8) is 0 Å². The minimum atomic E-state index is -0.169. The van der Waals surface area contributed by atoms with Crippen molar-refractivity contribution in [2.45, 2.75) is 72.3 Å². The molecule has 3 aromatic rings. The van der Waals surface area contributed by atoms with Crippen LogP contribution in [0.3, 0.4) is 0 Å². The van der Waals surface area contributed by atoms with Gasteiger partial charge in [0.15, 0.2) is 0 Å². The van der Waals surface area contributed by atoms with Crippen LogP contribution in [0.15, 0.2) is 60.7 Å². The number of esters is 1. The summed E-state index contributed by atoms with van der Waals surface area (Å²) in [6.45, 7) is 12.2. The van der Waals surface area contributed by atoms with Gasteiger partial charge in [0.25, 0.3) is 0 Å². The molecule has 0 spiro atoms. The lowest BCUT2D eigenvalue weighted by atomic mass is 9.81. The van der Waals surface area contributed by atoms with Gasteiger partial charge in [-0.25, -0.2) is 0 Å². The Balaban J connectivity index is 1.83. The number of unbranched alkanes of at least 4 members (excludes halogenated alkanes) is 1. The van der Waals surface area contributed by atoms with E-state index in [4.69, 9.17) is 18.9 Å². The zero-order valence-corrected chi connectivity index (χ0v) is 23.8. The molecule has 0 bridgehead atoms. The summed E-state index contributed by atoms with van der Waals surface area (Å²) >= 11 is 0. The molecule has 3 rings (SSSR count). The van der Waals surface area contributed by atoms with E-state index in [1.807, 2.05) is 43.3 Å². The SMILES string of the molecule is CCCCOc1ccc(OC)cc1-c1cc(COc2ccc(CCC(=O)OCC)cc2)ccc1C(C)(C)C. The van der Waals surface area contributed by atoms with Crippen molar-refractivity contribution in [2.75, 3.05) is 20.3 Å². The van der Waals surface area contributed by atoms with Gasteiger partial charge in [0, 0.05) is 12.0 Å². The van der Waals surface area contributed by atoms with Gasteiger partial charge in [-0.3, -0.25) is 4.79 Å². The second-order valence-corrected chi connectivity index (χ2v) is 10.4. The normalized spacial score (nSPS) is 11.2. The average Bonchev–Trinajstić information content (AvgIpc) is 2.91. The van der Waals surface area contributed by atoms with Gasteiger partial charge in [-0.05, 0) is 83.8 Å². The molecule has 0 saturated carbocycles. The zero-order chi connectivity index (χ0) is 27.5. The number of carbonyl (C=O) groups excluding carboxylic acids is 1. The molecule has 3 aromatic carbocycles. The van der Waals surface area contributed by atoms with Crippen LogP contribution in [0.2, 0.25) is 0 Å². The lowest BCUT2D eigenvalue weighted by Crippen LogP contribution is -2.13. The van der Waals surface area contributed by atoms with E-state index in [1.54, 1.807) is 7.11 Å². The predicted octanol–water partition coefficient (Wildman–Crippen LogP) is 7.91. The molecule has 5 nitrogen and oxygen atoms in total. The topological polar surface area (TPSA) is 54.0 Å². The van der Waals surface area contributed by atoms with Crippen molar-refractivity contribution in [3.8, 4) is 28.4 Å². The van der Waals surface area contributed by atoms with Crippen molar-refractivity contribution in [3.05, 3.63) is 77.4 Å². The molecule has 0 fully saturated rings. The molecular weight excluding hydrogens is 476 g/mol. The first-order chi connectivity index (χ1) is 18.2. The maximum absolute atomic E-state index is 11.6. The maximum atomic E-state index is 11.6. The highest BCUT2D eigenvalue weighted by molar-refractivity contribution is 5.76. The van der Waals surface area contributed by atoms with Crippen LogP contribution in [-0.4, -0.2) is 26.3 Å². The van der Waals surface area contributed by atoms with E-state index in [9.17, 15) is 4.79 Å². The van der Waals surface area contributed by atoms with E-state index in [-0.39, 0.29) is 11.4 Å². The molecule has 0 N–H and O–H groups in total. The van der Waals surface area contributed by atoms with Gasteiger partial charge in [-0.2, -0.15) is 0 Å². The average molecular weight is 519 g/mol. The summed E-state index contributed by atoms with van der Waals surface area (Å²) in [6.07, 6.45) is 3.12. The van der Waals surface area contributed by atoms with Crippen molar-refractivity contribution in [1.29, 1.82) is 0 Å². The maximum Gasteiger partial charge on any atom is 0.306 e. The molecule has 0 aliphatic carbocycles. The Morgan fingerprint density at radius 1 is 0.816 bits per heavy atom. The van der Waals surface area contributed by atoms with E-state index < -0.39 is 0 Å². The van der Waals surface area contributed by atoms with Crippen LogP contribution in [0.4, 0.5) is 0 Å². The third-order valence-electron chi connectivity index (χ3n) is 6.38. The fourth-order valence-corrected chi connectivity index (χ4v) is 4.26. The van der Waals surface area contributed by atoms with E-state index in [2.05, 4.69) is 52.0 Å². The number of rotatable bonds is 13. The molecule has 204 valence electrons. The van der Waals surface area contributed by atoms with Crippen LogP contribution in [0.5, 0.6) is 17.2 Å². The second-order valence-electron chi connectivity index (χ2n) is 10.4. The monoisotopic (exact) mass is 518 g/mol. The number of benzene rings is 3. The lowest BCUT2D eigenvalue weighted by molar-refractivity contribution is -0.143. The van der Waals surface area contributed by atoms with Crippen LogP contribution in [0.25, 0.3) is 11.1 Å². The largest absolute Gasteiger partial charge is 0.497 e. The summed E-state index contributed by atoms with van der Waals surface area (Å²) in [5, 5.41) is 0. The molecule has 0 saturated heterocycles. The van der Waals surface area contributed by atoms with Crippen molar-refractivity contribution in [2.24, 2.45) is 0 Å². The molecule has 38 heavy (non-hydrogen) atoms. The number of hydrogen-bond acceptors (Lipinski definition) is 5. The van der Waals surface area contributed by atoms with E-state index >= 15 is 0 Å². The number of hydrogen-bond donors (Lipinski definition) is 0. The van der Waals surface area contributed by atoms with E-state index in [1.165, 1.54) is 5.56 Å². The quantitative estimate of drug-likeness (QED) is 0.170. The number of ether oxygens (including phenoxy) is 4. The minimum Gasteiger partial charge on any atom is -0.497 e. The van der Waals surface area contributed by atoms with Gasteiger partial charge in [0.2, 0.25) is 0 Å². The molecule has 0 radical (unpaired) electrons. The smallest absolute Gasteiger partial charge is 0.306 e. The summed E-state index contributed by atoms with van der Waals surface area (Å²) in [5.74, 6) is 2.28. The summed E-state index contributed by atoms with van der Waals surface area (Å²) in [6, 6.07) is 20.4. The second kappa shape index (κ2) is 13.9. The minimum absolute atomic E-state index is 0.0577. The zero-order valence-electron chi connectivity index (χ0n) is 23.8. The van der Waals surface area contributed by atoms with Crippen LogP contribution < -0.4 is 14.2 Å². The Bertz CT molecular complexity index is 1170. The molecule has 0 atom stereocenters. The molecule has 0 aliphatic rings. The molecule has 5 heteroatoms. The molecule has 0 heterocycles. The highest BCUT2D eigenvalue weighted by Gasteiger charge is 2.22. The van der Waals surface area contributed by atoms with E-state index in [0.29, 0.717) is 32.7 Å². The van der Waals surface area contributed by atoms with Crippen LogP contribution in [-0.2, 0) is 28.0 Å². The summed E-state index contributed by atoms with van der Waals surface area (Å²) in [7, 11) is 1.69. The van der Waals surface area contributed by atoms with Crippen molar-refractivity contribution >= 4 is 5.97 Å². The van der Waals surface area contributed by atoms with E-state index in [0.717, 1.165) is 52.3 Å². The van der Waals surface area contributed by atoms with Gasteiger partial charge in [-0.1, -0.05) is 58.4 Å². The third kappa shape index (κ3) is 8.27. The summed E-state index contributed by atoms with van der Waals surface area (Å²) < 4.78 is 22.9. The number of methoxy groups -OCH3 is 1. The Hall–Kier alpha value is -3.47. The number of carbonyl (C=O) groups is 1. The fourth-order valence-electron chi connectivity index (χ4n) is 4.26. The fraction of sp³-hybridized carbons (Fsp3) is 0.424. The highest BCUT2D eigenvalue weighted by Crippen LogP contribution is 2.40. The molecule has 0 aliphatic heterocycles. The summed E-state index contributed by atoms with van der Waals surface area (Å²) in [5.41, 5.74) is 5.48. The van der Waals surface area contributed by atoms with Crippen LogP contribution >= 0.6 is 0 Å². The number of aryl methyl sites for hydroxylation is 1. The van der Waals surface area contributed by atoms with Gasteiger partial charge < -0.3 is 18.9 Å². The van der Waals surface area contributed by atoms with Crippen LogP contribution in [0.1, 0.15) is 70.6 Å². The molecule has 0 aromatic heterocycles. The Labute approximate surface area is 228 Å². The van der Waals surface area contributed by atoms with Gasteiger partial charge in [0.05, 0.1) is 20.3 Å². The molecule has 0 amide bonds. The standard InChI is InChI=1S/C33H42O5/c1-7-9-20-37-31-18-16-27(35-6)22-29(31)28-21-25(12-17-30(28)33(3,4)5)23-38-26-14-10-24(11-15-26)13-19-32(34)36-8-2/h10-12,14-18,21-22H,7-9,13,19-20,23H2,1-6H3. The first kappa shape index (κ1) is 29.1. The molecular formula is C33H42O5.